The highest BCUT2D eigenvalue weighted by atomic mass is 15.2. The first-order valence-corrected chi connectivity index (χ1v) is 9.75. The molecule has 1 aliphatic rings. The molecule has 26 heavy (non-hydrogen) atoms. The molecule has 2 nitrogen and oxygen atoms in total. The highest BCUT2D eigenvalue weighted by molar-refractivity contribution is 5.31. The average Bonchev–Trinajstić information content (AvgIpc) is 3.04. The van der Waals surface area contributed by atoms with E-state index >= 15 is 0 Å². The summed E-state index contributed by atoms with van der Waals surface area (Å²) in [6, 6.07) is 24.9. The minimum Gasteiger partial charge on any atom is -0.350 e. The molecular weight excluding hydrogens is 316 g/mol. The van der Waals surface area contributed by atoms with Gasteiger partial charge in [-0.2, -0.15) is 0 Å². The van der Waals surface area contributed by atoms with Crippen LogP contribution in [0.15, 0.2) is 72.9 Å². The normalized spacial score (nSPS) is 17.9. The van der Waals surface area contributed by atoms with Gasteiger partial charge in [0.05, 0.1) is 6.04 Å². The van der Waals surface area contributed by atoms with Crippen LogP contribution in [0.5, 0.6) is 0 Å². The lowest BCUT2D eigenvalue weighted by Gasteiger charge is -2.30. The van der Waals surface area contributed by atoms with E-state index in [9.17, 15) is 0 Å². The third-order valence-electron chi connectivity index (χ3n) is 5.50. The molecule has 1 atom stereocenters. The van der Waals surface area contributed by atoms with Gasteiger partial charge in [0, 0.05) is 31.5 Å². The Kier molecular flexibility index (Phi) is 4.94. The Balaban J connectivity index is 1.66. The largest absolute Gasteiger partial charge is 0.350 e. The van der Waals surface area contributed by atoms with Crippen LogP contribution in [0, 0.1) is 0 Å². The van der Waals surface area contributed by atoms with Crippen LogP contribution in [0.2, 0.25) is 0 Å². The van der Waals surface area contributed by atoms with Gasteiger partial charge in [0.15, 0.2) is 0 Å². The summed E-state index contributed by atoms with van der Waals surface area (Å²) in [5.41, 5.74) is 5.61. The summed E-state index contributed by atoms with van der Waals surface area (Å²) in [5, 5.41) is 0. The molecule has 3 aromatic rings. The van der Waals surface area contributed by atoms with E-state index in [0.717, 1.165) is 19.6 Å². The molecule has 134 valence electrons. The van der Waals surface area contributed by atoms with Crippen molar-refractivity contribution in [2.24, 2.45) is 0 Å². The molecular formula is C24H28N2. The van der Waals surface area contributed by atoms with Crippen molar-refractivity contribution in [1.29, 1.82) is 0 Å². The van der Waals surface area contributed by atoms with E-state index in [0.29, 0.717) is 12.0 Å². The zero-order chi connectivity index (χ0) is 17.9. The maximum Gasteiger partial charge on any atom is 0.0759 e. The van der Waals surface area contributed by atoms with Crippen LogP contribution < -0.4 is 0 Å². The lowest BCUT2D eigenvalue weighted by Crippen LogP contribution is -2.29. The fourth-order valence-electron chi connectivity index (χ4n) is 4.07. The van der Waals surface area contributed by atoms with Crippen molar-refractivity contribution >= 4 is 0 Å². The Morgan fingerprint density at radius 1 is 0.885 bits per heavy atom. The van der Waals surface area contributed by atoms with Crippen molar-refractivity contribution in [1.82, 2.24) is 9.47 Å². The lowest BCUT2D eigenvalue weighted by atomic mass is 9.99. The number of nitrogens with zero attached hydrogens (tertiary/aromatic N) is 2. The maximum absolute atomic E-state index is 2.64. The SMILES string of the molecule is CC(C)c1ccc(CN2CCCn3cccc3[C@H]2c2ccccc2)cc1. The quantitative estimate of drug-likeness (QED) is 0.597. The Hall–Kier alpha value is -2.32. The fraction of sp³-hybridized carbons (Fsp3) is 0.333. The van der Waals surface area contributed by atoms with Crippen LogP contribution in [-0.4, -0.2) is 16.0 Å². The van der Waals surface area contributed by atoms with Gasteiger partial charge in [0.2, 0.25) is 0 Å². The van der Waals surface area contributed by atoms with E-state index < -0.39 is 0 Å². The van der Waals surface area contributed by atoms with E-state index in [-0.39, 0.29) is 0 Å². The van der Waals surface area contributed by atoms with Crippen LogP contribution in [0.1, 0.15) is 54.6 Å². The summed E-state index contributed by atoms with van der Waals surface area (Å²) in [4.78, 5) is 2.64. The molecule has 2 aromatic carbocycles. The molecule has 2 heteroatoms. The molecule has 2 heterocycles. The summed E-state index contributed by atoms with van der Waals surface area (Å²) in [5.74, 6) is 0.586. The zero-order valence-corrected chi connectivity index (χ0v) is 15.8. The standard InChI is InChI=1S/C24H28N2/c1-19(2)21-13-11-20(12-14-21)18-26-17-7-16-25-15-6-10-23(25)24(26)22-8-4-3-5-9-22/h3-6,8-15,19,24H,7,16-18H2,1-2H3/t24-/m1/s1. The first-order chi connectivity index (χ1) is 12.7. The molecule has 0 radical (unpaired) electrons. The van der Waals surface area contributed by atoms with Crippen molar-refractivity contribution < 1.29 is 0 Å². The first-order valence-electron chi connectivity index (χ1n) is 9.75. The molecule has 4 rings (SSSR count). The zero-order valence-electron chi connectivity index (χ0n) is 15.8. The Morgan fingerprint density at radius 3 is 2.38 bits per heavy atom. The average molecular weight is 345 g/mol. The maximum atomic E-state index is 2.64. The van der Waals surface area contributed by atoms with Crippen LogP contribution in [0.25, 0.3) is 0 Å². The molecule has 0 spiro atoms. The number of aromatic nitrogens is 1. The summed E-state index contributed by atoms with van der Waals surface area (Å²) >= 11 is 0. The van der Waals surface area contributed by atoms with Crippen molar-refractivity contribution in [3.05, 3.63) is 95.3 Å². The van der Waals surface area contributed by atoms with Gasteiger partial charge in [-0.1, -0.05) is 68.4 Å². The second-order valence-electron chi connectivity index (χ2n) is 7.66. The molecule has 0 aliphatic carbocycles. The number of fused-ring (bicyclic) bond motifs is 1. The highest BCUT2D eigenvalue weighted by Crippen LogP contribution is 2.33. The summed E-state index contributed by atoms with van der Waals surface area (Å²) in [7, 11) is 0. The van der Waals surface area contributed by atoms with E-state index in [1.807, 2.05) is 0 Å². The van der Waals surface area contributed by atoms with Crippen LogP contribution in [0.4, 0.5) is 0 Å². The minimum atomic E-state index is 0.318. The second-order valence-corrected chi connectivity index (χ2v) is 7.66. The Morgan fingerprint density at radius 2 is 1.65 bits per heavy atom. The summed E-state index contributed by atoms with van der Waals surface area (Å²) in [6.45, 7) is 7.72. The number of benzene rings is 2. The number of rotatable bonds is 4. The predicted octanol–water partition coefficient (Wildman–Crippen LogP) is 5.61. The molecule has 0 unspecified atom stereocenters. The number of hydrogen-bond acceptors (Lipinski definition) is 1. The molecule has 1 aliphatic heterocycles. The van der Waals surface area contributed by atoms with Gasteiger partial charge in [-0.25, -0.2) is 0 Å². The molecule has 0 saturated heterocycles. The van der Waals surface area contributed by atoms with Gasteiger partial charge in [0.1, 0.15) is 0 Å². The third-order valence-corrected chi connectivity index (χ3v) is 5.50. The van der Waals surface area contributed by atoms with Gasteiger partial charge >= 0.3 is 0 Å². The number of hydrogen-bond donors (Lipinski definition) is 0. The van der Waals surface area contributed by atoms with Crippen LogP contribution in [-0.2, 0) is 13.1 Å². The monoisotopic (exact) mass is 344 g/mol. The topological polar surface area (TPSA) is 8.17 Å². The predicted molar refractivity (Wildman–Crippen MR) is 108 cm³/mol. The van der Waals surface area contributed by atoms with E-state index in [2.05, 4.69) is 96.2 Å². The molecule has 1 aromatic heterocycles. The Labute approximate surface area is 157 Å². The van der Waals surface area contributed by atoms with Gasteiger partial charge in [-0.3, -0.25) is 4.90 Å². The molecule has 0 bridgehead atoms. The van der Waals surface area contributed by atoms with E-state index in [1.54, 1.807) is 0 Å². The minimum absolute atomic E-state index is 0.318. The van der Waals surface area contributed by atoms with Crippen molar-refractivity contribution in [3.8, 4) is 0 Å². The van der Waals surface area contributed by atoms with Crippen molar-refractivity contribution in [2.45, 2.75) is 45.3 Å². The lowest BCUT2D eigenvalue weighted by molar-refractivity contribution is 0.220. The van der Waals surface area contributed by atoms with E-state index in [4.69, 9.17) is 0 Å². The van der Waals surface area contributed by atoms with Crippen LogP contribution in [0.3, 0.4) is 0 Å². The summed E-state index contributed by atoms with van der Waals surface area (Å²) < 4.78 is 2.43. The first kappa shape index (κ1) is 17.1. The smallest absolute Gasteiger partial charge is 0.0759 e. The van der Waals surface area contributed by atoms with Crippen LogP contribution >= 0.6 is 0 Å². The second kappa shape index (κ2) is 7.51. The molecule has 0 fully saturated rings. The van der Waals surface area contributed by atoms with Gasteiger partial charge in [-0.05, 0) is 41.2 Å². The summed E-state index contributed by atoms with van der Waals surface area (Å²) in [6.07, 6.45) is 3.42. The highest BCUT2D eigenvalue weighted by Gasteiger charge is 2.27. The van der Waals surface area contributed by atoms with Crippen molar-refractivity contribution in [3.63, 3.8) is 0 Å². The third kappa shape index (κ3) is 3.47. The van der Waals surface area contributed by atoms with Gasteiger partial charge in [-0.15, -0.1) is 0 Å². The number of aryl methyl sites for hydroxylation is 1. The molecule has 0 saturated carbocycles. The Bertz CT molecular complexity index is 830. The molecule has 0 N–H and O–H groups in total. The fourth-order valence-corrected chi connectivity index (χ4v) is 4.07. The van der Waals surface area contributed by atoms with E-state index in [1.165, 1.54) is 28.8 Å². The molecule has 0 amide bonds. The van der Waals surface area contributed by atoms with Gasteiger partial charge in [0.25, 0.3) is 0 Å². The van der Waals surface area contributed by atoms with Crippen molar-refractivity contribution in [2.75, 3.05) is 6.54 Å². The van der Waals surface area contributed by atoms with Gasteiger partial charge < -0.3 is 4.57 Å².